The van der Waals surface area contributed by atoms with E-state index in [4.69, 9.17) is 0 Å². The first-order valence-electron chi connectivity index (χ1n) is 9.50. The van der Waals surface area contributed by atoms with Gasteiger partial charge in [0.1, 0.15) is 5.82 Å². The van der Waals surface area contributed by atoms with E-state index in [1.165, 1.54) is 11.3 Å². The topological polar surface area (TPSA) is 39.7 Å². The lowest BCUT2D eigenvalue weighted by Gasteiger charge is -2.36. The second kappa shape index (κ2) is 7.36. The van der Waals surface area contributed by atoms with Gasteiger partial charge in [-0.1, -0.05) is 24.3 Å². The van der Waals surface area contributed by atoms with Crippen LogP contribution >= 0.6 is 0 Å². The van der Waals surface area contributed by atoms with Gasteiger partial charge in [-0.2, -0.15) is 0 Å². The van der Waals surface area contributed by atoms with Crippen LogP contribution in [0.2, 0.25) is 0 Å². The number of rotatable bonds is 4. The summed E-state index contributed by atoms with van der Waals surface area (Å²) in [6, 6.07) is 15.0. The summed E-state index contributed by atoms with van der Waals surface area (Å²) >= 11 is 0. The van der Waals surface area contributed by atoms with Gasteiger partial charge >= 0.3 is 0 Å². The highest BCUT2D eigenvalue weighted by atomic mass is 16.2. The van der Waals surface area contributed by atoms with Crippen molar-refractivity contribution in [2.45, 2.75) is 25.8 Å². The average molecular weight is 350 g/mol. The van der Waals surface area contributed by atoms with E-state index in [1.54, 1.807) is 0 Å². The molecule has 0 spiro atoms. The minimum Gasteiger partial charge on any atom is -0.368 e. The molecule has 2 aliphatic heterocycles. The third-order valence-electron chi connectivity index (χ3n) is 5.52. The Morgan fingerprint density at radius 2 is 1.85 bits per heavy atom. The van der Waals surface area contributed by atoms with Crippen molar-refractivity contribution < 1.29 is 4.79 Å². The molecule has 136 valence electrons. The van der Waals surface area contributed by atoms with Crippen LogP contribution in [0.1, 0.15) is 18.9 Å². The lowest BCUT2D eigenvalue weighted by atomic mass is 10.1. The SMILES string of the molecule is CC1Cc2ccccc2N1CCC(=O)N1CCN(c2ccccn2)CC1. The zero-order chi connectivity index (χ0) is 17.9. The molecule has 1 amide bonds. The molecule has 0 N–H and O–H groups in total. The number of carbonyl (C=O) groups excluding carboxylic acids is 1. The van der Waals surface area contributed by atoms with Gasteiger partial charge in [-0.15, -0.1) is 0 Å². The second-order valence-electron chi connectivity index (χ2n) is 7.18. The van der Waals surface area contributed by atoms with Gasteiger partial charge in [0.05, 0.1) is 0 Å². The van der Waals surface area contributed by atoms with E-state index in [9.17, 15) is 4.79 Å². The van der Waals surface area contributed by atoms with Gasteiger partial charge in [0.2, 0.25) is 5.91 Å². The highest BCUT2D eigenvalue weighted by Gasteiger charge is 2.27. The first-order valence-corrected chi connectivity index (χ1v) is 9.50. The summed E-state index contributed by atoms with van der Waals surface area (Å²) < 4.78 is 0. The number of benzene rings is 1. The molecule has 2 aromatic rings. The zero-order valence-corrected chi connectivity index (χ0v) is 15.3. The lowest BCUT2D eigenvalue weighted by molar-refractivity contribution is -0.131. The normalized spacial score (nSPS) is 19.6. The Hall–Kier alpha value is -2.56. The number of hydrogen-bond acceptors (Lipinski definition) is 4. The Bertz CT molecular complexity index is 756. The van der Waals surface area contributed by atoms with Gasteiger partial charge in [0.25, 0.3) is 0 Å². The van der Waals surface area contributed by atoms with Crippen molar-refractivity contribution in [2.75, 3.05) is 42.5 Å². The van der Waals surface area contributed by atoms with Crippen LogP contribution in [-0.2, 0) is 11.2 Å². The number of nitrogens with zero attached hydrogens (tertiary/aromatic N) is 4. The van der Waals surface area contributed by atoms with Crippen molar-refractivity contribution in [3.63, 3.8) is 0 Å². The Morgan fingerprint density at radius 1 is 1.08 bits per heavy atom. The van der Waals surface area contributed by atoms with E-state index in [0.29, 0.717) is 12.5 Å². The van der Waals surface area contributed by atoms with Gasteiger partial charge < -0.3 is 14.7 Å². The van der Waals surface area contributed by atoms with Crippen molar-refractivity contribution in [3.8, 4) is 0 Å². The molecule has 1 atom stereocenters. The van der Waals surface area contributed by atoms with Crippen LogP contribution in [0.4, 0.5) is 11.5 Å². The van der Waals surface area contributed by atoms with Crippen molar-refractivity contribution in [3.05, 3.63) is 54.2 Å². The molecule has 1 unspecified atom stereocenters. The van der Waals surface area contributed by atoms with Crippen LogP contribution in [0, 0.1) is 0 Å². The van der Waals surface area contributed by atoms with E-state index in [2.05, 4.69) is 46.0 Å². The molecule has 2 aliphatic rings. The summed E-state index contributed by atoms with van der Waals surface area (Å²) in [6.07, 6.45) is 3.48. The fourth-order valence-electron chi connectivity index (χ4n) is 4.07. The van der Waals surface area contributed by atoms with Crippen molar-refractivity contribution in [1.29, 1.82) is 0 Å². The lowest BCUT2D eigenvalue weighted by Crippen LogP contribution is -2.49. The molecule has 5 heteroatoms. The van der Waals surface area contributed by atoms with Crippen LogP contribution in [0.5, 0.6) is 0 Å². The number of amides is 1. The monoisotopic (exact) mass is 350 g/mol. The molecule has 1 fully saturated rings. The maximum Gasteiger partial charge on any atom is 0.224 e. The number of fused-ring (bicyclic) bond motifs is 1. The Kier molecular flexibility index (Phi) is 4.78. The summed E-state index contributed by atoms with van der Waals surface area (Å²) in [4.78, 5) is 23.7. The molecule has 0 aliphatic carbocycles. The molecule has 0 saturated carbocycles. The minimum absolute atomic E-state index is 0.266. The fourth-order valence-corrected chi connectivity index (χ4v) is 4.07. The smallest absolute Gasteiger partial charge is 0.224 e. The third kappa shape index (κ3) is 3.39. The third-order valence-corrected chi connectivity index (χ3v) is 5.52. The number of hydrogen-bond donors (Lipinski definition) is 0. The quantitative estimate of drug-likeness (QED) is 0.850. The summed E-state index contributed by atoms with van der Waals surface area (Å²) in [7, 11) is 0. The van der Waals surface area contributed by atoms with E-state index >= 15 is 0 Å². The zero-order valence-electron chi connectivity index (χ0n) is 15.3. The van der Waals surface area contributed by atoms with Crippen LogP contribution in [0.25, 0.3) is 0 Å². The van der Waals surface area contributed by atoms with E-state index in [-0.39, 0.29) is 5.91 Å². The average Bonchev–Trinajstić information content (AvgIpc) is 3.02. The van der Waals surface area contributed by atoms with Crippen LogP contribution in [0.3, 0.4) is 0 Å². The summed E-state index contributed by atoms with van der Waals surface area (Å²) in [5.41, 5.74) is 2.70. The summed E-state index contributed by atoms with van der Waals surface area (Å²) in [5, 5.41) is 0. The molecule has 1 aromatic heterocycles. The van der Waals surface area contributed by atoms with Crippen molar-refractivity contribution in [2.24, 2.45) is 0 Å². The highest BCUT2D eigenvalue weighted by molar-refractivity contribution is 5.77. The van der Waals surface area contributed by atoms with Crippen LogP contribution in [-0.4, -0.2) is 54.6 Å². The number of anilines is 2. The maximum absolute atomic E-state index is 12.7. The van der Waals surface area contributed by atoms with Crippen LogP contribution < -0.4 is 9.80 Å². The molecule has 0 radical (unpaired) electrons. The number of carbonyl (C=O) groups is 1. The maximum atomic E-state index is 12.7. The highest BCUT2D eigenvalue weighted by Crippen LogP contribution is 2.31. The van der Waals surface area contributed by atoms with Gasteiger partial charge in [-0.05, 0) is 37.1 Å². The van der Waals surface area contributed by atoms with E-state index < -0.39 is 0 Å². The van der Waals surface area contributed by atoms with E-state index in [1.807, 2.05) is 29.3 Å². The minimum atomic E-state index is 0.266. The molecule has 26 heavy (non-hydrogen) atoms. The Labute approximate surface area is 155 Å². The first-order chi connectivity index (χ1) is 12.7. The number of piperazine rings is 1. The molecule has 1 aromatic carbocycles. The molecule has 1 saturated heterocycles. The van der Waals surface area contributed by atoms with Gasteiger partial charge in [0.15, 0.2) is 0 Å². The van der Waals surface area contributed by atoms with Gasteiger partial charge in [-0.3, -0.25) is 4.79 Å². The van der Waals surface area contributed by atoms with E-state index in [0.717, 1.165) is 45.0 Å². The molecule has 0 bridgehead atoms. The molecular weight excluding hydrogens is 324 g/mol. The van der Waals surface area contributed by atoms with Crippen LogP contribution in [0.15, 0.2) is 48.7 Å². The standard InChI is InChI=1S/C21H26N4O/c1-17-16-18-6-2-3-7-19(18)25(17)11-9-21(26)24-14-12-23(13-15-24)20-8-4-5-10-22-20/h2-8,10,17H,9,11-16H2,1H3. The predicted octanol–water partition coefficient (Wildman–Crippen LogP) is 2.57. The molecular formula is C21H26N4O. The first kappa shape index (κ1) is 16.9. The van der Waals surface area contributed by atoms with Gasteiger partial charge in [0, 0.05) is 57.1 Å². The molecule has 5 nitrogen and oxygen atoms in total. The second-order valence-corrected chi connectivity index (χ2v) is 7.18. The van der Waals surface area contributed by atoms with Crippen molar-refractivity contribution >= 4 is 17.4 Å². The summed E-state index contributed by atoms with van der Waals surface area (Å²) in [6.45, 7) is 6.31. The molecule has 3 heterocycles. The molecule has 4 rings (SSSR count). The largest absolute Gasteiger partial charge is 0.368 e. The predicted molar refractivity (Wildman–Crippen MR) is 105 cm³/mol. The fraction of sp³-hybridized carbons (Fsp3) is 0.429. The Morgan fingerprint density at radius 3 is 2.62 bits per heavy atom. The number of pyridine rings is 1. The number of para-hydroxylation sites is 1. The summed E-state index contributed by atoms with van der Waals surface area (Å²) in [5.74, 6) is 1.27. The van der Waals surface area contributed by atoms with Crippen molar-refractivity contribution in [1.82, 2.24) is 9.88 Å². The number of aromatic nitrogens is 1. The Balaban J connectivity index is 1.30. The van der Waals surface area contributed by atoms with Gasteiger partial charge in [-0.25, -0.2) is 4.98 Å².